The molecular weight excluding hydrogens is 218 g/mol. The Bertz CT molecular complexity index is 368. The lowest BCUT2D eigenvalue weighted by Gasteiger charge is -2.26. The van der Waals surface area contributed by atoms with Crippen LogP contribution in [0.2, 0.25) is 0 Å². The molecule has 2 aliphatic heterocycles. The first-order valence-electron chi connectivity index (χ1n) is 6.22. The molecule has 2 atom stereocenters. The van der Waals surface area contributed by atoms with Crippen molar-refractivity contribution in [2.75, 3.05) is 11.5 Å². The van der Waals surface area contributed by atoms with Gasteiger partial charge in [-0.25, -0.2) is 4.98 Å². The lowest BCUT2D eigenvalue weighted by Crippen LogP contribution is -2.31. The summed E-state index contributed by atoms with van der Waals surface area (Å²) >= 11 is 2.07. The van der Waals surface area contributed by atoms with Crippen molar-refractivity contribution in [1.82, 2.24) is 9.55 Å². The molecule has 1 fully saturated rings. The molecule has 0 spiro atoms. The molecule has 0 saturated carbocycles. The third kappa shape index (κ3) is 1.89. The van der Waals surface area contributed by atoms with E-state index in [1.807, 2.05) is 6.20 Å². The van der Waals surface area contributed by atoms with E-state index in [1.54, 1.807) is 0 Å². The van der Waals surface area contributed by atoms with E-state index in [-0.39, 0.29) is 0 Å². The van der Waals surface area contributed by atoms with Gasteiger partial charge in [-0.3, -0.25) is 0 Å². The highest BCUT2D eigenvalue weighted by molar-refractivity contribution is 7.99. The van der Waals surface area contributed by atoms with E-state index in [2.05, 4.69) is 21.3 Å². The van der Waals surface area contributed by atoms with Crippen LogP contribution in [-0.4, -0.2) is 27.1 Å². The van der Waals surface area contributed by atoms with Crippen LogP contribution in [0.4, 0.5) is 0 Å². The molecule has 0 radical (unpaired) electrons. The minimum atomic E-state index is 0.345. The van der Waals surface area contributed by atoms with Crippen molar-refractivity contribution in [3.63, 3.8) is 0 Å². The maximum Gasteiger partial charge on any atom is 0.112 e. The fraction of sp³-hybridized carbons (Fsp3) is 0.750. The largest absolute Gasteiger partial charge is 0.332 e. The monoisotopic (exact) mass is 237 g/mol. The first kappa shape index (κ1) is 10.7. The highest BCUT2D eigenvalue weighted by Crippen LogP contribution is 2.32. The summed E-state index contributed by atoms with van der Waals surface area (Å²) in [5.41, 5.74) is 7.34. The molecule has 0 aromatic carbocycles. The molecule has 1 aromatic heterocycles. The molecule has 3 heterocycles. The Labute approximate surface area is 101 Å². The van der Waals surface area contributed by atoms with Crippen molar-refractivity contribution in [3.8, 4) is 0 Å². The van der Waals surface area contributed by atoms with Crippen LogP contribution in [0.1, 0.15) is 36.7 Å². The minimum Gasteiger partial charge on any atom is -0.332 e. The van der Waals surface area contributed by atoms with Crippen LogP contribution in [0.25, 0.3) is 0 Å². The van der Waals surface area contributed by atoms with Gasteiger partial charge in [0.15, 0.2) is 0 Å². The summed E-state index contributed by atoms with van der Waals surface area (Å²) in [6.45, 7) is 1.08. The van der Waals surface area contributed by atoms with Gasteiger partial charge in [-0.1, -0.05) is 0 Å². The summed E-state index contributed by atoms with van der Waals surface area (Å²) in [4.78, 5) is 4.65. The van der Waals surface area contributed by atoms with Crippen molar-refractivity contribution in [2.45, 2.75) is 44.2 Å². The second kappa shape index (κ2) is 4.41. The number of nitrogens with two attached hydrogens (primary N) is 1. The molecule has 4 heteroatoms. The zero-order valence-electron chi connectivity index (χ0n) is 9.56. The summed E-state index contributed by atoms with van der Waals surface area (Å²) in [6.07, 6.45) is 6.82. The number of imidazole rings is 1. The van der Waals surface area contributed by atoms with Crippen LogP contribution in [-0.2, 0) is 13.0 Å². The molecule has 1 saturated heterocycles. The van der Waals surface area contributed by atoms with Gasteiger partial charge in [0.1, 0.15) is 5.82 Å². The molecule has 88 valence electrons. The lowest BCUT2D eigenvalue weighted by atomic mass is 10.0. The predicted octanol–water partition coefficient (Wildman–Crippen LogP) is 1.77. The fourth-order valence-electron chi connectivity index (χ4n) is 2.78. The van der Waals surface area contributed by atoms with Crippen LogP contribution in [0.15, 0.2) is 6.20 Å². The van der Waals surface area contributed by atoms with Crippen molar-refractivity contribution in [3.05, 3.63) is 17.7 Å². The smallest absolute Gasteiger partial charge is 0.112 e. The van der Waals surface area contributed by atoms with Crippen molar-refractivity contribution in [1.29, 1.82) is 0 Å². The summed E-state index contributed by atoms with van der Waals surface area (Å²) in [5.74, 6) is 4.59. The number of hydrogen-bond acceptors (Lipinski definition) is 3. The topological polar surface area (TPSA) is 43.8 Å². The second-order valence-corrected chi connectivity index (χ2v) is 6.08. The van der Waals surface area contributed by atoms with Crippen LogP contribution < -0.4 is 5.73 Å². The van der Waals surface area contributed by atoms with E-state index in [1.165, 1.54) is 35.9 Å². The van der Waals surface area contributed by atoms with Crippen molar-refractivity contribution in [2.24, 2.45) is 5.73 Å². The average Bonchev–Trinajstić information content (AvgIpc) is 2.73. The first-order valence-corrected chi connectivity index (χ1v) is 7.37. The Hall–Kier alpha value is -0.480. The molecule has 0 aliphatic carbocycles. The van der Waals surface area contributed by atoms with Gasteiger partial charge in [-0.2, -0.15) is 11.8 Å². The van der Waals surface area contributed by atoms with Crippen LogP contribution >= 0.6 is 11.8 Å². The Morgan fingerprint density at radius 3 is 3.19 bits per heavy atom. The molecule has 3 nitrogen and oxygen atoms in total. The highest BCUT2D eigenvalue weighted by atomic mass is 32.2. The van der Waals surface area contributed by atoms with Gasteiger partial charge in [0.2, 0.25) is 0 Å². The molecule has 0 amide bonds. The second-order valence-electron chi connectivity index (χ2n) is 4.93. The summed E-state index contributed by atoms with van der Waals surface area (Å²) in [6, 6.07) is 0.345. The van der Waals surface area contributed by atoms with E-state index in [4.69, 9.17) is 5.73 Å². The Balaban J connectivity index is 1.85. The zero-order chi connectivity index (χ0) is 11.0. The number of hydrogen-bond donors (Lipinski definition) is 1. The van der Waals surface area contributed by atoms with Gasteiger partial charge in [-0.05, 0) is 25.0 Å². The summed E-state index contributed by atoms with van der Waals surface area (Å²) in [5, 5.41) is 0. The normalized spacial score (nSPS) is 30.1. The molecular formula is C12H19N3S. The van der Waals surface area contributed by atoms with E-state index >= 15 is 0 Å². The van der Waals surface area contributed by atoms with E-state index < -0.39 is 0 Å². The zero-order valence-corrected chi connectivity index (χ0v) is 10.4. The van der Waals surface area contributed by atoms with Gasteiger partial charge >= 0.3 is 0 Å². The molecule has 3 rings (SSSR count). The molecule has 2 aliphatic rings. The van der Waals surface area contributed by atoms with Crippen LogP contribution in [0.5, 0.6) is 0 Å². The van der Waals surface area contributed by atoms with E-state index in [0.717, 1.165) is 19.4 Å². The SMILES string of the molecule is NC1CCn2c(cnc2C2CCCSC2)C1. The average molecular weight is 237 g/mol. The van der Waals surface area contributed by atoms with Gasteiger partial charge in [0.05, 0.1) is 0 Å². The van der Waals surface area contributed by atoms with Crippen LogP contribution in [0.3, 0.4) is 0 Å². The van der Waals surface area contributed by atoms with Gasteiger partial charge in [0, 0.05) is 42.6 Å². The summed E-state index contributed by atoms with van der Waals surface area (Å²) in [7, 11) is 0. The van der Waals surface area contributed by atoms with Gasteiger partial charge in [0.25, 0.3) is 0 Å². The van der Waals surface area contributed by atoms with Crippen molar-refractivity contribution < 1.29 is 0 Å². The van der Waals surface area contributed by atoms with Gasteiger partial charge < -0.3 is 10.3 Å². The molecule has 0 bridgehead atoms. The number of thioether (sulfide) groups is 1. The van der Waals surface area contributed by atoms with Gasteiger partial charge in [-0.15, -0.1) is 0 Å². The van der Waals surface area contributed by atoms with Crippen LogP contribution in [0, 0.1) is 0 Å². The Kier molecular flexibility index (Phi) is 2.94. The van der Waals surface area contributed by atoms with Crippen molar-refractivity contribution >= 4 is 11.8 Å². The Morgan fingerprint density at radius 1 is 1.44 bits per heavy atom. The molecule has 2 N–H and O–H groups in total. The quantitative estimate of drug-likeness (QED) is 0.809. The minimum absolute atomic E-state index is 0.345. The van der Waals surface area contributed by atoms with E-state index in [9.17, 15) is 0 Å². The maximum absolute atomic E-state index is 5.99. The molecule has 2 unspecified atom stereocenters. The molecule has 1 aromatic rings. The lowest BCUT2D eigenvalue weighted by molar-refractivity contribution is 0.447. The third-order valence-electron chi connectivity index (χ3n) is 3.69. The number of nitrogens with zero attached hydrogens (tertiary/aromatic N) is 2. The Morgan fingerprint density at radius 2 is 2.38 bits per heavy atom. The standard InChI is InChI=1S/C12H19N3S/c13-10-3-4-15-11(6-10)7-14-12(15)9-2-1-5-16-8-9/h7,9-10H,1-6,8,13H2. The first-order chi connectivity index (χ1) is 7.84. The predicted molar refractivity (Wildman–Crippen MR) is 67.8 cm³/mol. The molecule has 16 heavy (non-hydrogen) atoms. The number of aromatic nitrogens is 2. The third-order valence-corrected chi connectivity index (χ3v) is 4.90. The number of rotatable bonds is 1. The maximum atomic E-state index is 5.99. The fourth-order valence-corrected chi connectivity index (χ4v) is 3.92. The van der Waals surface area contributed by atoms with E-state index in [0.29, 0.717) is 12.0 Å². The number of fused-ring (bicyclic) bond motifs is 1. The highest BCUT2D eigenvalue weighted by Gasteiger charge is 2.25. The summed E-state index contributed by atoms with van der Waals surface area (Å²) < 4.78 is 2.43.